The number of carbonyl (C=O) groups excluding carboxylic acids is 1. The van der Waals surface area contributed by atoms with Gasteiger partial charge in [-0.1, -0.05) is 18.6 Å². The molecule has 2 atom stereocenters. The standard InChI is InChI=1S/C17H21N3O3S/c21-14-7-3-4-11(14)10-18-15(22)8-9-20-16(23)12-5-1-2-6-13(12)19-17(20)24/h1-2,5-6,11,14,21H,3-4,7-10H2,(H,18,22)(H,19,24). The summed E-state index contributed by atoms with van der Waals surface area (Å²) in [5, 5.41) is 13.2. The van der Waals surface area contributed by atoms with Gasteiger partial charge in [0.1, 0.15) is 0 Å². The van der Waals surface area contributed by atoms with Gasteiger partial charge in [0.15, 0.2) is 4.77 Å². The first-order valence-electron chi connectivity index (χ1n) is 8.23. The molecule has 128 valence electrons. The Morgan fingerprint density at radius 2 is 2.17 bits per heavy atom. The largest absolute Gasteiger partial charge is 0.393 e. The SMILES string of the molecule is O=C(CCn1c(=S)[nH]c2ccccc2c1=O)NCC1CCCC1O. The zero-order valence-electron chi connectivity index (χ0n) is 13.3. The first-order valence-corrected chi connectivity index (χ1v) is 8.63. The van der Waals surface area contributed by atoms with E-state index in [1.807, 2.05) is 6.07 Å². The summed E-state index contributed by atoms with van der Waals surface area (Å²) in [4.78, 5) is 27.5. The number of aliphatic hydroxyl groups is 1. The summed E-state index contributed by atoms with van der Waals surface area (Å²) in [5.41, 5.74) is 0.511. The second-order valence-corrected chi connectivity index (χ2v) is 6.63. The summed E-state index contributed by atoms with van der Waals surface area (Å²) >= 11 is 5.23. The number of amides is 1. The van der Waals surface area contributed by atoms with Gasteiger partial charge in [0.05, 0.1) is 17.0 Å². The Morgan fingerprint density at radius 3 is 2.92 bits per heavy atom. The maximum atomic E-state index is 12.5. The van der Waals surface area contributed by atoms with Gasteiger partial charge in [-0.15, -0.1) is 0 Å². The highest BCUT2D eigenvalue weighted by molar-refractivity contribution is 7.71. The van der Waals surface area contributed by atoms with Gasteiger partial charge in [-0.25, -0.2) is 0 Å². The van der Waals surface area contributed by atoms with E-state index in [9.17, 15) is 14.7 Å². The summed E-state index contributed by atoms with van der Waals surface area (Å²) in [6.07, 6.45) is 2.61. The smallest absolute Gasteiger partial charge is 0.262 e. The van der Waals surface area contributed by atoms with Crippen molar-refractivity contribution in [2.24, 2.45) is 5.92 Å². The molecule has 2 aromatic rings. The Balaban J connectivity index is 1.64. The second-order valence-electron chi connectivity index (χ2n) is 6.24. The fourth-order valence-electron chi connectivity index (χ4n) is 3.20. The predicted molar refractivity (Wildman–Crippen MR) is 94.4 cm³/mol. The number of aromatic nitrogens is 2. The fourth-order valence-corrected chi connectivity index (χ4v) is 3.49. The Kier molecular flexibility index (Phi) is 5.11. The highest BCUT2D eigenvalue weighted by Crippen LogP contribution is 2.24. The van der Waals surface area contributed by atoms with Crippen molar-refractivity contribution in [3.05, 3.63) is 39.4 Å². The zero-order valence-corrected chi connectivity index (χ0v) is 14.1. The normalized spacial score (nSPS) is 20.4. The molecule has 1 aromatic heterocycles. The number of aromatic amines is 1. The summed E-state index contributed by atoms with van der Waals surface area (Å²) in [5.74, 6) is 0.00347. The molecule has 0 radical (unpaired) electrons. The van der Waals surface area contributed by atoms with Gasteiger partial charge in [0.2, 0.25) is 5.91 Å². The first kappa shape index (κ1) is 16.9. The van der Waals surface area contributed by atoms with Crippen LogP contribution in [0.5, 0.6) is 0 Å². The number of fused-ring (bicyclic) bond motifs is 1. The van der Waals surface area contributed by atoms with Crippen molar-refractivity contribution in [2.45, 2.75) is 38.3 Å². The molecule has 0 aliphatic heterocycles. The molecule has 1 saturated carbocycles. The van der Waals surface area contributed by atoms with Gasteiger partial charge in [-0.3, -0.25) is 14.2 Å². The lowest BCUT2D eigenvalue weighted by atomic mass is 10.1. The molecule has 1 heterocycles. The Labute approximate surface area is 144 Å². The topological polar surface area (TPSA) is 87.1 Å². The Morgan fingerprint density at radius 1 is 1.38 bits per heavy atom. The summed E-state index contributed by atoms with van der Waals surface area (Å²) in [6.45, 7) is 0.720. The molecule has 7 heteroatoms. The minimum absolute atomic E-state index is 0.136. The molecule has 1 aliphatic rings. The van der Waals surface area contributed by atoms with E-state index < -0.39 is 0 Å². The van der Waals surface area contributed by atoms with E-state index in [2.05, 4.69) is 10.3 Å². The van der Waals surface area contributed by atoms with Crippen molar-refractivity contribution in [1.82, 2.24) is 14.9 Å². The number of para-hydroxylation sites is 1. The van der Waals surface area contributed by atoms with Crippen LogP contribution in [0.1, 0.15) is 25.7 Å². The maximum Gasteiger partial charge on any atom is 0.262 e. The number of hydrogen-bond acceptors (Lipinski definition) is 4. The van der Waals surface area contributed by atoms with Crippen LogP contribution in [0.15, 0.2) is 29.1 Å². The number of nitrogens with one attached hydrogen (secondary N) is 2. The van der Waals surface area contributed by atoms with Crippen LogP contribution in [0, 0.1) is 10.7 Å². The van der Waals surface area contributed by atoms with Crippen molar-refractivity contribution in [2.75, 3.05) is 6.54 Å². The molecule has 1 fully saturated rings. The first-order chi connectivity index (χ1) is 11.6. The average molecular weight is 347 g/mol. The van der Waals surface area contributed by atoms with Crippen LogP contribution >= 0.6 is 12.2 Å². The highest BCUT2D eigenvalue weighted by Gasteiger charge is 2.25. The summed E-state index contributed by atoms with van der Waals surface area (Å²) in [6, 6.07) is 7.17. The molecule has 0 saturated heterocycles. The molecule has 0 bridgehead atoms. The molecule has 1 aliphatic carbocycles. The molecular formula is C17H21N3O3S. The molecule has 2 unspecified atom stereocenters. The number of hydrogen-bond donors (Lipinski definition) is 3. The van der Waals surface area contributed by atoms with Gasteiger partial charge in [0.25, 0.3) is 5.56 Å². The minimum Gasteiger partial charge on any atom is -0.393 e. The van der Waals surface area contributed by atoms with Crippen LogP contribution in [-0.4, -0.2) is 33.2 Å². The molecule has 0 spiro atoms. The number of nitrogens with zero attached hydrogens (tertiary/aromatic N) is 1. The lowest BCUT2D eigenvalue weighted by molar-refractivity contribution is -0.121. The molecule has 1 aromatic carbocycles. The molecule has 6 nitrogen and oxygen atoms in total. The quantitative estimate of drug-likeness (QED) is 0.719. The number of aliphatic hydroxyl groups excluding tert-OH is 1. The van der Waals surface area contributed by atoms with E-state index in [1.165, 1.54) is 4.57 Å². The van der Waals surface area contributed by atoms with E-state index in [-0.39, 0.29) is 36.5 Å². The van der Waals surface area contributed by atoms with Crippen LogP contribution in [0.4, 0.5) is 0 Å². The Hall–Kier alpha value is -1.99. The van der Waals surface area contributed by atoms with Crippen molar-refractivity contribution in [1.29, 1.82) is 0 Å². The van der Waals surface area contributed by atoms with Gasteiger partial charge in [0, 0.05) is 25.4 Å². The van der Waals surface area contributed by atoms with Crippen molar-refractivity contribution in [3.63, 3.8) is 0 Å². The molecular weight excluding hydrogens is 326 g/mol. The highest BCUT2D eigenvalue weighted by atomic mass is 32.1. The summed E-state index contributed by atoms with van der Waals surface area (Å²) < 4.78 is 1.74. The van der Waals surface area contributed by atoms with Crippen molar-refractivity contribution >= 4 is 29.0 Å². The molecule has 3 N–H and O–H groups in total. The average Bonchev–Trinajstić information content (AvgIpc) is 2.98. The minimum atomic E-state index is -0.317. The molecule has 3 rings (SSSR count). The zero-order chi connectivity index (χ0) is 17.1. The van der Waals surface area contributed by atoms with E-state index in [0.717, 1.165) is 19.3 Å². The van der Waals surface area contributed by atoms with Crippen LogP contribution in [0.3, 0.4) is 0 Å². The third kappa shape index (κ3) is 3.57. The van der Waals surface area contributed by atoms with Crippen molar-refractivity contribution in [3.8, 4) is 0 Å². The van der Waals surface area contributed by atoms with Gasteiger partial charge in [-0.2, -0.15) is 0 Å². The lowest BCUT2D eigenvalue weighted by Crippen LogP contribution is -2.33. The van der Waals surface area contributed by atoms with E-state index in [1.54, 1.807) is 18.2 Å². The van der Waals surface area contributed by atoms with E-state index >= 15 is 0 Å². The van der Waals surface area contributed by atoms with Crippen molar-refractivity contribution < 1.29 is 9.90 Å². The number of rotatable bonds is 5. The van der Waals surface area contributed by atoms with E-state index in [0.29, 0.717) is 22.2 Å². The third-order valence-electron chi connectivity index (χ3n) is 4.63. The van der Waals surface area contributed by atoms with Gasteiger partial charge < -0.3 is 15.4 Å². The predicted octanol–water partition coefficient (Wildman–Crippen LogP) is 1.73. The van der Waals surface area contributed by atoms with Crippen LogP contribution < -0.4 is 10.9 Å². The number of H-pyrrole nitrogens is 1. The molecule has 24 heavy (non-hydrogen) atoms. The van der Waals surface area contributed by atoms with Crippen LogP contribution in [0.25, 0.3) is 10.9 Å². The van der Waals surface area contributed by atoms with Crippen LogP contribution in [-0.2, 0) is 11.3 Å². The lowest BCUT2D eigenvalue weighted by Gasteiger charge is -2.15. The second kappa shape index (κ2) is 7.27. The third-order valence-corrected chi connectivity index (χ3v) is 4.95. The Bertz CT molecular complexity index is 858. The fraction of sp³-hybridized carbons (Fsp3) is 0.471. The van der Waals surface area contributed by atoms with Gasteiger partial charge >= 0.3 is 0 Å². The van der Waals surface area contributed by atoms with Gasteiger partial charge in [-0.05, 0) is 37.2 Å². The molecule has 1 amide bonds. The number of carbonyl (C=O) groups is 1. The monoisotopic (exact) mass is 347 g/mol. The maximum absolute atomic E-state index is 12.5. The number of benzene rings is 1. The summed E-state index contributed by atoms with van der Waals surface area (Å²) in [7, 11) is 0. The van der Waals surface area contributed by atoms with Crippen LogP contribution in [0.2, 0.25) is 0 Å². The van der Waals surface area contributed by atoms with E-state index in [4.69, 9.17) is 12.2 Å².